The monoisotopic (exact) mass is 224 g/mol. The van der Waals surface area contributed by atoms with Gasteiger partial charge in [-0.15, -0.1) is 0 Å². The molecule has 1 aliphatic rings. The van der Waals surface area contributed by atoms with Gasteiger partial charge in [-0.3, -0.25) is 4.90 Å². The van der Waals surface area contributed by atoms with Gasteiger partial charge in [0.1, 0.15) is 0 Å². The molecule has 2 N–H and O–H groups in total. The molecule has 2 rings (SSSR count). The average Bonchev–Trinajstić information content (AvgIpc) is 3.04. The van der Waals surface area contributed by atoms with Crippen LogP contribution < -0.4 is 5.73 Å². The van der Waals surface area contributed by atoms with Gasteiger partial charge in [-0.1, -0.05) is 23.7 Å². The molecule has 0 radical (unpaired) electrons. The van der Waals surface area contributed by atoms with Crippen LogP contribution in [0.3, 0.4) is 0 Å². The van der Waals surface area contributed by atoms with Crippen molar-refractivity contribution in [2.24, 2.45) is 5.73 Å². The summed E-state index contributed by atoms with van der Waals surface area (Å²) in [7, 11) is 2.16. The first-order chi connectivity index (χ1) is 7.20. The maximum Gasteiger partial charge on any atom is 0.0454 e. The summed E-state index contributed by atoms with van der Waals surface area (Å²) in [5.41, 5.74) is 7.85. The Morgan fingerprint density at radius 1 is 1.47 bits per heavy atom. The number of halogens is 1. The molecule has 0 aliphatic heterocycles. The van der Waals surface area contributed by atoms with E-state index in [2.05, 4.69) is 24.1 Å². The summed E-state index contributed by atoms with van der Waals surface area (Å²) in [5.74, 6) is 0. The van der Waals surface area contributed by atoms with Gasteiger partial charge < -0.3 is 5.73 Å². The van der Waals surface area contributed by atoms with E-state index in [1.54, 1.807) is 0 Å². The molecule has 3 heteroatoms. The molecule has 1 aromatic rings. The van der Waals surface area contributed by atoms with Crippen molar-refractivity contribution < 1.29 is 0 Å². The van der Waals surface area contributed by atoms with E-state index in [0.29, 0.717) is 6.54 Å². The van der Waals surface area contributed by atoms with Gasteiger partial charge in [0.25, 0.3) is 0 Å². The van der Waals surface area contributed by atoms with E-state index in [1.165, 1.54) is 18.4 Å². The summed E-state index contributed by atoms with van der Waals surface area (Å²) in [6, 6.07) is 6.89. The topological polar surface area (TPSA) is 29.3 Å². The van der Waals surface area contributed by atoms with E-state index in [0.717, 1.165) is 23.2 Å². The molecule has 0 spiro atoms. The first kappa shape index (κ1) is 10.9. The Hall–Kier alpha value is -0.570. The van der Waals surface area contributed by atoms with Crippen LogP contribution in [0.25, 0.3) is 0 Å². The highest BCUT2D eigenvalue weighted by Crippen LogP contribution is 2.28. The molecular weight excluding hydrogens is 208 g/mol. The van der Waals surface area contributed by atoms with Crippen LogP contribution in [-0.2, 0) is 13.1 Å². The zero-order chi connectivity index (χ0) is 10.8. The molecule has 1 aliphatic carbocycles. The quantitative estimate of drug-likeness (QED) is 0.851. The minimum Gasteiger partial charge on any atom is -0.326 e. The van der Waals surface area contributed by atoms with Crippen molar-refractivity contribution >= 4 is 11.6 Å². The zero-order valence-electron chi connectivity index (χ0n) is 9.04. The Labute approximate surface area is 96.0 Å². The van der Waals surface area contributed by atoms with Crippen molar-refractivity contribution in [2.45, 2.75) is 32.0 Å². The Bertz CT molecular complexity index is 347. The van der Waals surface area contributed by atoms with E-state index >= 15 is 0 Å². The van der Waals surface area contributed by atoms with E-state index < -0.39 is 0 Å². The van der Waals surface area contributed by atoms with Crippen LogP contribution >= 0.6 is 11.6 Å². The van der Waals surface area contributed by atoms with Gasteiger partial charge in [0.05, 0.1) is 0 Å². The van der Waals surface area contributed by atoms with Gasteiger partial charge >= 0.3 is 0 Å². The van der Waals surface area contributed by atoms with Crippen LogP contribution in [0, 0.1) is 0 Å². The summed E-state index contributed by atoms with van der Waals surface area (Å²) in [6.07, 6.45) is 2.66. The van der Waals surface area contributed by atoms with Gasteiger partial charge in [-0.05, 0) is 37.1 Å². The average molecular weight is 225 g/mol. The molecular formula is C12H17ClN2. The molecule has 0 amide bonds. The van der Waals surface area contributed by atoms with Gasteiger partial charge in [0.15, 0.2) is 0 Å². The molecule has 82 valence electrons. The summed E-state index contributed by atoms with van der Waals surface area (Å²) in [5, 5.41) is 0.838. The van der Waals surface area contributed by atoms with Gasteiger partial charge in [0.2, 0.25) is 0 Å². The first-order valence-electron chi connectivity index (χ1n) is 5.38. The van der Waals surface area contributed by atoms with Crippen molar-refractivity contribution in [2.75, 3.05) is 7.05 Å². The Morgan fingerprint density at radius 2 is 2.20 bits per heavy atom. The molecule has 1 saturated carbocycles. The normalized spacial score (nSPS) is 16.0. The van der Waals surface area contributed by atoms with Crippen molar-refractivity contribution in [1.29, 1.82) is 0 Å². The van der Waals surface area contributed by atoms with Crippen LogP contribution in [0.5, 0.6) is 0 Å². The van der Waals surface area contributed by atoms with Gasteiger partial charge in [-0.25, -0.2) is 0 Å². The second-order valence-electron chi connectivity index (χ2n) is 4.28. The second-order valence-corrected chi connectivity index (χ2v) is 4.68. The fourth-order valence-corrected chi connectivity index (χ4v) is 2.02. The predicted molar refractivity (Wildman–Crippen MR) is 63.8 cm³/mol. The zero-order valence-corrected chi connectivity index (χ0v) is 9.80. The smallest absolute Gasteiger partial charge is 0.0454 e. The molecule has 0 atom stereocenters. The molecule has 1 fully saturated rings. The summed E-state index contributed by atoms with van der Waals surface area (Å²) < 4.78 is 0. The molecule has 0 saturated heterocycles. The standard InChI is InChI=1S/C12H17ClN2/c1-15(11-4-5-11)8-10-3-2-9(7-14)6-12(10)13/h2-3,6,11H,4-5,7-8,14H2,1H3. The molecule has 15 heavy (non-hydrogen) atoms. The molecule has 1 aromatic carbocycles. The third-order valence-electron chi connectivity index (χ3n) is 2.94. The lowest BCUT2D eigenvalue weighted by Crippen LogP contribution is -2.20. The van der Waals surface area contributed by atoms with Gasteiger partial charge in [0, 0.05) is 24.2 Å². The van der Waals surface area contributed by atoms with Crippen LogP contribution in [-0.4, -0.2) is 18.0 Å². The predicted octanol–water partition coefficient (Wildman–Crippen LogP) is 2.39. The lowest BCUT2D eigenvalue weighted by Gasteiger charge is -2.16. The van der Waals surface area contributed by atoms with Crippen LogP contribution in [0.2, 0.25) is 5.02 Å². The molecule has 2 nitrogen and oxygen atoms in total. The maximum absolute atomic E-state index is 6.20. The Kier molecular flexibility index (Phi) is 3.29. The second kappa shape index (κ2) is 4.52. The van der Waals surface area contributed by atoms with Crippen molar-refractivity contribution in [1.82, 2.24) is 4.90 Å². The maximum atomic E-state index is 6.20. The van der Waals surface area contributed by atoms with Crippen LogP contribution in [0.1, 0.15) is 24.0 Å². The first-order valence-corrected chi connectivity index (χ1v) is 5.76. The number of hydrogen-bond acceptors (Lipinski definition) is 2. The van der Waals surface area contributed by atoms with Crippen molar-refractivity contribution in [3.05, 3.63) is 34.3 Å². The lowest BCUT2D eigenvalue weighted by molar-refractivity contribution is 0.316. The summed E-state index contributed by atoms with van der Waals surface area (Å²) in [6.45, 7) is 1.49. The minimum atomic E-state index is 0.554. The molecule has 0 heterocycles. The lowest BCUT2D eigenvalue weighted by atomic mass is 10.1. The van der Waals surface area contributed by atoms with E-state index in [-0.39, 0.29) is 0 Å². The van der Waals surface area contributed by atoms with Crippen molar-refractivity contribution in [3.8, 4) is 0 Å². The van der Waals surface area contributed by atoms with Crippen molar-refractivity contribution in [3.63, 3.8) is 0 Å². The Morgan fingerprint density at radius 3 is 2.73 bits per heavy atom. The fraction of sp³-hybridized carbons (Fsp3) is 0.500. The summed E-state index contributed by atoms with van der Waals surface area (Å²) in [4.78, 5) is 2.36. The van der Waals surface area contributed by atoms with Gasteiger partial charge in [-0.2, -0.15) is 0 Å². The van der Waals surface area contributed by atoms with Crippen LogP contribution in [0.4, 0.5) is 0 Å². The minimum absolute atomic E-state index is 0.554. The Balaban J connectivity index is 2.07. The molecule has 0 aromatic heterocycles. The van der Waals surface area contributed by atoms with E-state index in [1.807, 2.05) is 6.07 Å². The number of rotatable bonds is 4. The largest absolute Gasteiger partial charge is 0.326 e. The highest BCUT2D eigenvalue weighted by molar-refractivity contribution is 6.31. The number of benzene rings is 1. The summed E-state index contributed by atoms with van der Waals surface area (Å²) >= 11 is 6.20. The third-order valence-corrected chi connectivity index (χ3v) is 3.29. The number of hydrogen-bond donors (Lipinski definition) is 1. The van der Waals surface area contributed by atoms with Crippen LogP contribution in [0.15, 0.2) is 18.2 Å². The fourth-order valence-electron chi connectivity index (χ4n) is 1.76. The third kappa shape index (κ3) is 2.71. The highest BCUT2D eigenvalue weighted by atomic mass is 35.5. The van der Waals surface area contributed by atoms with E-state index in [4.69, 9.17) is 17.3 Å². The SMILES string of the molecule is CN(Cc1ccc(CN)cc1Cl)C1CC1. The number of nitrogens with zero attached hydrogens (tertiary/aromatic N) is 1. The van der Waals surface area contributed by atoms with E-state index in [9.17, 15) is 0 Å². The molecule has 0 unspecified atom stereocenters. The number of nitrogens with two attached hydrogens (primary N) is 1. The molecule has 0 bridgehead atoms. The highest BCUT2D eigenvalue weighted by Gasteiger charge is 2.26.